The zero-order valence-corrected chi connectivity index (χ0v) is 22.7. The van der Waals surface area contributed by atoms with Crippen LogP contribution in [0.15, 0.2) is 53.7 Å². The number of hydrogen-bond donors (Lipinski definition) is 3. The molecule has 0 saturated heterocycles. The predicted octanol–water partition coefficient (Wildman–Crippen LogP) is 5.30. The first-order valence-electron chi connectivity index (χ1n) is 13.1. The summed E-state index contributed by atoms with van der Waals surface area (Å²) in [7, 11) is 1.40. The number of fused-ring (bicyclic) bond motifs is 2. The number of aliphatic imine (C=N–C) groups is 1. The van der Waals surface area contributed by atoms with Crippen molar-refractivity contribution in [3.05, 3.63) is 70.9 Å². The normalized spacial score (nSPS) is 16.3. The van der Waals surface area contributed by atoms with Gasteiger partial charge in [0.15, 0.2) is 0 Å². The van der Waals surface area contributed by atoms with E-state index in [1.54, 1.807) is 10.7 Å². The Morgan fingerprint density at radius 3 is 2.66 bits per heavy atom. The fourth-order valence-corrected chi connectivity index (χ4v) is 4.93. The lowest BCUT2D eigenvalue weighted by Gasteiger charge is -2.20. The highest BCUT2D eigenvalue weighted by Gasteiger charge is 2.39. The molecule has 214 valence electrons. The molecule has 1 aromatic heterocycles. The molecule has 0 radical (unpaired) electrons. The van der Waals surface area contributed by atoms with Crippen molar-refractivity contribution < 1.29 is 27.5 Å². The highest BCUT2D eigenvalue weighted by atomic mass is 19.4. The highest BCUT2D eigenvalue weighted by molar-refractivity contribution is 6.08. The van der Waals surface area contributed by atoms with Crippen LogP contribution < -0.4 is 21.1 Å². The summed E-state index contributed by atoms with van der Waals surface area (Å²) in [5.74, 6) is -2.11. The van der Waals surface area contributed by atoms with Crippen LogP contribution in [0.4, 0.5) is 24.7 Å². The van der Waals surface area contributed by atoms with E-state index in [2.05, 4.69) is 35.5 Å². The van der Waals surface area contributed by atoms with Crippen molar-refractivity contribution in [1.82, 2.24) is 15.1 Å². The number of allylic oxidation sites excluding steroid dienone is 1. The number of methoxy groups -OCH3 is 1. The molecule has 2 aliphatic rings. The predicted molar refractivity (Wildman–Crippen MR) is 148 cm³/mol. The number of alkyl halides is 3. The quantitative estimate of drug-likeness (QED) is 0.387. The summed E-state index contributed by atoms with van der Waals surface area (Å²) in [5, 5.41) is 10.5. The third-order valence-corrected chi connectivity index (χ3v) is 7.20. The smallest absolute Gasteiger partial charge is 0.395 e. The molecule has 5 rings (SSSR count). The average molecular weight is 567 g/mol. The molecule has 0 spiro atoms. The average Bonchev–Trinajstić information content (AvgIpc) is 3.19. The maximum Gasteiger partial charge on any atom is 0.395 e. The molecular weight excluding hydrogens is 537 g/mol. The van der Waals surface area contributed by atoms with Crippen LogP contribution in [0.5, 0.6) is 5.75 Å². The molecule has 12 heteroatoms. The Kier molecular flexibility index (Phi) is 7.33. The summed E-state index contributed by atoms with van der Waals surface area (Å²) in [6, 6.07) is 10.6. The molecule has 1 atom stereocenters. The number of nitrogens with one attached hydrogen (secondary N) is 2. The van der Waals surface area contributed by atoms with Gasteiger partial charge in [0.2, 0.25) is 0 Å². The van der Waals surface area contributed by atoms with E-state index in [1.165, 1.54) is 24.8 Å². The molecule has 0 bridgehead atoms. The minimum absolute atomic E-state index is 0.0939. The minimum atomic E-state index is -4.44. The van der Waals surface area contributed by atoms with Gasteiger partial charge >= 0.3 is 6.18 Å². The van der Waals surface area contributed by atoms with Crippen LogP contribution in [0.2, 0.25) is 0 Å². The van der Waals surface area contributed by atoms with Crippen molar-refractivity contribution in [2.75, 3.05) is 12.4 Å². The monoisotopic (exact) mass is 566 g/mol. The summed E-state index contributed by atoms with van der Waals surface area (Å²) in [6.07, 6.45) is -2.25. The van der Waals surface area contributed by atoms with Gasteiger partial charge in [0.05, 0.1) is 13.0 Å². The molecule has 4 N–H and O–H groups in total. The number of carbonyl (C=O) groups excluding carboxylic acids is 2. The summed E-state index contributed by atoms with van der Waals surface area (Å²) in [4.78, 5) is 29.5. The van der Waals surface area contributed by atoms with Crippen LogP contribution in [0.1, 0.15) is 58.0 Å². The van der Waals surface area contributed by atoms with Gasteiger partial charge in [0.1, 0.15) is 28.7 Å². The van der Waals surface area contributed by atoms with Crippen LogP contribution in [-0.4, -0.2) is 40.7 Å². The number of nitrogens with zero attached hydrogens (tertiary/aromatic N) is 3. The molecule has 3 heterocycles. The number of carbonyl (C=O) groups is 2. The Bertz CT molecular complexity index is 1590. The molecule has 2 aliphatic heterocycles. The first kappa shape index (κ1) is 27.9. The van der Waals surface area contributed by atoms with Crippen LogP contribution in [0, 0.1) is 5.92 Å². The topological polar surface area (TPSA) is 124 Å². The Morgan fingerprint density at radius 2 is 1.98 bits per heavy atom. The number of rotatable bonds is 5. The third-order valence-electron chi connectivity index (χ3n) is 7.20. The van der Waals surface area contributed by atoms with Crippen LogP contribution in [0.3, 0.4) is 0 Å². The maximum atomic E-state index is 13.1. The molecule has 3 aromatic rings. The summed E-state index contributed by atoms with van der Waals surface area (Å²) < 4.78 is 46.6. The zero-order valence-electron chi connectivity index (χ0n) is 22.7. The van der Waals surface area contributed by atoms with E-state index in [0.717, 1.165) is 23.5 Å². The Hall–Kier alpha value is -4.61. The van der Waals surface area contributed by atoms with E-state index in [-0.39, 0.29) is 28.4 Å². The van der Waals surface area contributed by atoms with Crippen LogP contribution >= 0.6 is 0 Å². The molecule has 41 heavy (non-hydrogen) atoms. The maximum absolute atomic E-state index is 13.1. The van der Waals surface area contributed by atoms with E-state index >= 15 is 0 Å². The molecule has 9 nitrogen and oxygen atoms in total. The fraction of sp³-hybridized carbons (Fsp3) is 0.310. The van der Waals surface area contributed by atoms with Gasteiger partial charge in [-0.25, -0.2) is 9.67 Å². The molecule has 0 saturated carbocycles. The van der Waals surface area contributed by atoms with Crippen LogP contribution in [-0.2, 0) is 13.0 Å². The highest BCUT2D eigenvalue weighted by Crippen LogP contribution is 2.39. The first-order chi connectivity index (χ1) is 19.5. The number of nitrogens with two attached hydrogens (primary N) is 1. The van der Waals surface area contributed by atoms with Crippen molar-refractivity contribution in [3.63, 3.8) is 0 Å². The third kappa shape index (κ3) is 5.54. The number of amides is 2. The Morgan fingerprint density at radius 1 is 1.20 bits per heavy atom. The second-order valence-corrected chi connectivity index (χ2v) is 10.2. The molecule has 2 aromatic carbocycles. The van der Waals surface area contributed by atoms with Crippen molar-refractivity contribution >= 4 is 29.2 Å². The number of aryl methyl sites for hydroxylation is 2. The zero-order chi connectivity index (χ0) is 29.5. The number of benzene rings is 2. The van der Waals surface area contributed by atoms with Gasteiger partial charge in [-0.2, -0.15) is 18.3 Å². The number of hydrogen-bond acceptors (Lipinski definition) is 6. The van der Waals surface area contributed by atoms with E-state index in [4.69, 9.17) is 15.6 Å². The lowest BCUT2D eigenvalue weighted by atomic mass is 9.98. The lowest BCUT2D eigenvalue weighted by Crippen LogP contribution is -2.36. The summed E-state index contributed by atoms with van der Waals surface area (Å²) in [6.45, 7) is 4.75. The molecule has 2 amide bonds. The standard InChI is InChI=1S/C29H29F3N6O3/c1-15(2)16-5-7-21-17(12-16)9-11-38-27(35-21)24(26(33)39)25(37-38)20-6-4-18(13-22(20)41-3)28(40)36-23-14-19(8-10-34-23)29(30,31)32/h4-8,10,12-13,15,19,35H,9,11,14H2,1-3H3,(H2,33,39)(H,34,36,40). The number of aromatic nitrogens is 2. The van der Waals surface area contributed by atoms with Crippen molar-refractivity contribution in [2.45, 2.75) is 45.3 Å². The lowest BCUT2D eigenvalue weighted by molar-refractivity contribution is -0.159. The first-order valence-corrected chi connectivity index (χ1v) is 13.1. The Labute approximate surface area is 234 Å². The van der Waals surface area contributed by atoms with Gasteiger partial charge in [-0.1, -0.05) is 32.1 Å². The second-order valence-electron chi connectivity index (χ2n) is 10.2. The van der Waals surface area contributed by atoms with E-state index in [1.807, 2.05) is 12.1 Å². The van der Waals surface area contributed by atoms with E-state index in [0.29, 0.717) is 30.3 Å². The number of ether oxygens (including phenoxy) is 1. The molecular formula is C29H29F3N6O3. The van der Waals surface area contributed by atoms with Gasteiger partial charge in [-0.3, -0.25) is 9.59 Å². The van der Waals surface area contributed by atoms with Crippen LogP contribution in [0.25, 0.3) is 11.3 Å². The van der Waals surface area contributed by atoms with Gasteiger partial charge in [-0.15, -0.1) is 0 Å². The summed E-state index contributed by atoms with van der Waals surface area (Å²) >= 11 is 0. The second kappa shape index (κ2) is 10.8. The number of anilines is 2. The van der Waals surface area contributed by atoms with Crippen molar-refractivity contribution in [2.24, 2.45) is 16.6 Å². The minimum Gasteiger partial charge on any atom is -0.496 e. The Balaban J connectivity index is 1.45. The SMILES string of the molecule is COc1cc(C(=O)NC2=NC=CC(C(F)(F)F)C2)ccc1-c1nn2c(c1C(N)=O)Nc1ccc(C(C)C)cc1CC2. The largest absolute Gasteiger partial charge is 0.496 e. The van der Waals surface area contributed by atoms with E-state index < -0.39 is 30.3 Å². The molecule has 1 unspecified atom stereocenters. The van der Waals surface area contributed by atoms with Gasteiger partial charge in [0.25, 0.3) is 11.8 Å². The van der Waals surface area contributed by atoms with Crippen molar-refractivity contribution in [1.29, 1.82) is 0 Å². The van der Waals surface area contributed by atoms with Gasteiger partial charge < -0.3 is 21.1 Å². The molecule has 0 aliphatic carbocycles. The number of amidine groups is 1. The van der Waals surface area contributed by atoms with Gasteiger partial charge in [-0.05, 0) is 47.7 Å². The van der Waals surface area contributed by atoms with E-state index in [9.17, 15) is 22.8 Å². The fourth-order valence-electron chi connectivity index (χ4n) is 4.93. The summed E-state index contributed by atoms with van der Waals surface area (Å²) in [5.41, 5.74) is 10.00. The van der Waals surface area contributed by atoms with Crippen molar-refractivity contribution in [3.8, 4) is 17.0 Å². The number of halogens is 3. The van der Waals surface area contributed by atoms with Gasteiger partial charge in [0, 0.05) is 36.0 Å². The molecule has 0 fully saturated rings. The number of primary amides is 1.